The lowest BCUT2D eigenvalue weighted by Crippen LogP contribution is -2.29. The largest absolute Gasteiger partial charge is 0.497 e. The number of rotatable bonds is 5. The van der Waals surface area contributed by atoms with Gasteiger partial charge in [0.25, 0.3) is 5.91 Å². The molecule has 3 nitrogen and oxygen atoms in total. The number of halogens is 2. The smallest absolute Gasteiger partial charge is 0.256 e. The number of amides is 1. The average Bonchev–Trinajstić information content (AvgIpc) is 2.34. The van der Waals surface area contributed by atoms with Crippen molar-refractivity contribution in [1.29, 1.82) is 0 Å². The van der Waals surface area contributed by atoms with E-state index in [4.69, 9.17) is 4.74 Å². The number of nitrogens with zero attached hydrogens (tertiary/aromatic N) is 1. The third-order valence-corrected chi connectivity index (χ3v) is 3.07. The van der Waals surface area contributed by atoms with Gasteiger partial charge in [0.2, 0.25) is 0 Å². The Balaban J connectivity index is 2.77. The lowest BCUT2D eigenvalue weighted by Gasteiger charge is -2.18. The Hall–Kier alpha value is -1.10. The number of ether oxygens (including phenoxy) is 1. The summed E-state index contributed by atoms with van der Waals surface area (Å²) in [5.41, 5.74) is 0.0699. The molecule has 18 heavy (non-hydrogen) atoms. The van der Waals surface area contributed by atoms with Gasteiger partial charge in [-0.2, -0.15) is 0 Å². The van der Waals surface area contributed by atoms with E-state index in [1.54, 1.807) is 13.1 Å². The Morgan fingerprint density at radius 3 is 2.72 bits per heavy atom. The summed E-state index contributed by atoms with van der Waals surface area (Å²) in [5.74, 6) is -0.470. The molecule has 5 heteroatoms. The molecular formula is C13H17BrFNO2. The molecule has 1 unspecified atom stereocenters. The number of carbonyl (C=O) groups is 1. The number of benzene rings is 1. The predicted octanol–water partition coefficient (Wildman–Crippen LogP) is 3.08. The van der Waals surface area contributed by atoms with Crippen LogP contribution in [0.5, 0.6) is 5.75 Å². The maximum atomic E-state index is 13.7. The maximum Gasteiger partial charge on any atom is 0.256 e. The lowest BCUT2D eigenvalue weighted by molar-refractivity contribution is 0.0789. The van der Waals surface area contributed by atoms with Crippen LogP contribution in [0.4, 0.5) is 4.39 Å². The summed E-state index contributed by atoms with van der Waals surface area (Å²) in [7, 11) is 3.13. The van der Waals surface area contributed by atoms with Gasteiger partial charge < -0.3 is 9.64 Å². The molecule has 1 atom stereocenters. The minimum Gasteiger partial charge on any atom is -0.497 e. The molecule has 0 aliphatic heterocycles. The van der Waals surface area contributed by atoms with Crippen molar-refractivity contribution >= 4 is 21.8 Å². The van der Waals surface area contributed by atoms with E-state index in [1.807, 2.05) is 6.92 Å². The monoisotopic (exact) mass is 317 g/mol. The standard InChI is InChI=1S/C13H17BrFNO2/c1-9(14)6-7-16(2)13(17)11-5-4-10(18-3)8-12(11)15/h4-5,8-9H,6-7H2,1-3H3. The first-order chi connectivity index (χ1) is 8.45. The van der Waals surface area contributed by atoms with Gasteiger partial charge in [0, 0.05) is 24.5 Å². The van der Waals surface area contributed by atoms with Crippen LogP contribution >= 0.6 is 15.9 Å². The summed E-state index contributed by atoms with van der Waals surface area (Å²) in [5, 5.41) is 0. The number of hydrogen-bond donors (Lipinski definition) is 0. The molecule has 0 radical (unpaired) electrons. The third kappa shape index (κ3) is 3.98. The molecule has 0 bridgehead atoms. The summed E-state index contributed by atoms with van der Waals surface area (Å²) >= 11 is 3.41. The minimum absolute atomic E-state index is 0.0699. The minimum atomic E-state index is -0.557. The van der Waals surface area contributed by atoms with Crippen LogP contribution in [0.3, 0.4) is 0 Å². The molecule has 0 spiro atoms. The Kier molecular flexibility index (Phi) is 5.59. The first kappa shape index (κ1) is 15.0. The van der Waals surface area contributed by atoms with Gasteiger partial charge >= 0.3 is 0 Å². The van der Waals surface area contributed by atoms with Gasteiger partial charge in [-0.1, -0.05) is 22.9 Å². The molecule has 0 saturated heterocycles. The Morgan fingerprint density at radius 1 is 1.56 bits per heavy atom. The quantitative estimate of drug-likeness (QED) is 0.781. The molecule has 0 aliphatic rings. The molecular weight excluding hydrogens is 301 g/mol. The van der Waals surface area contributed by atoms with Crippen molar-refractivity contribution in [3.05, 3.63) is 29.6 Å². The van der Waals surface area contributed by atoms with E-state index in [2.05, 4.69) is 15.9 Å². The van der Waals surface area contributed by atoms with Gasteiger partial charge in [-0.05, 0) is 18.6 Å². The molecule has 1 aromatic carbocycles. The van der Waals surface area contributed by atoms with E-state index in [0.29, 0.717) is 17.1 Å². The fraction of sp³-hybridized carbons (Fsp3) is 0.462. The highest BCUT2D eigenvalue weighted by molar-refractivity contribution is 9.09. The van der Waals surface area contributed by atoms with Gasteiger partial charge in [0.15, 0.2) is 0 Å². The zero-order chi connectivity index (χ0) is 13.7. The summed E-state index contributed by atoms with van der Waals surface area (Å²) in [4.78, 5) is 13.9. The van der Waals surface area contributed by atoms with Crippen molar-refractivity contribution in [1.82, 2.24) is 4.90 Å². The summed E-state index contributed by atoms with van der Waals surface area (Å²) < 4.78 is 18.6. The van der Waals surface area contributed by atoms with Crippen LogP contribution in [-0.4, -0.2) is 36.3 Å². The van der Waals surface area contributed by atoms with Crippen molar-refractivity contribution in [3.8, 4) is 5.75 Å². The van der Waals surface area contributed by atoms with Crippen molar-refractivity contribution < 1.29 is 13.9 Å². The third-order valence-electron chi connectivity index (χ3n) is 2.62. The zero-order valence-electron chi connectivity index (χ0n) is 10.7. The average molecular weight is 318 g/mol. The molecule has 1 amide bonds. The molecule has 0 aromatic heterocycles. The topological polar surface area (TPSA) is 29.5 Å². The van der Waals surface area contributed by atoms with Crippen molar-refractivity contribution in [3.63, 3.8) is 0 Å². The van der Waals surface area contributed by atoms with Crippen LogP contribution in [0.25, 0.3) is 0 Å². The van der Waals surface area contributed by atoms with Gasteiger partial charge in [-0.25, -0.2) is 4.39 Å². The van der Waals surface area contributed by atoms with Crippen LogP contribution in [0.2, 0.25) is 0 Å². The SMILES string of the molecule is COc1ccc(C(=O)N(C)CCC(C)Br)c(F)c1. The molecule has 100 valence electrons. The van der Waals surface area contributed by atoms with Gasteiger partial charge in [0.05, 0.1) is 12.7 Å². The van der Waals surface area contributed by atoms with Crippen molar-refractivity contribution in [2.45, 2.75) is 18.2 Å². The van der Waals surface area contributed by atoms with E-state index >= 15 is 0 Å². The highest BCUT2D eigenvalue weighted by Gasteiger charge is 2.16. The molecule has 0 saturated carbocycles. The second-order valence-electron chi connectivity index (χ2n) is 4.14. The second kappa shape index (κ2) is 6.73. The molecule has 0 heterocycles. The van der Waals surface area contributed by atoms with Gasteiger partial charge in [0.1, 0.15) is 11.6 Å². The number of carbonyl (C=O) groups excluding carboxylic acids is 1. The van der Waals surface area contributed by atoms with Gasteiger partial charge in [-0.15, -0.1) is 0 Å². The molecule has 0 N–H and O–H groups in total. The number of alkyl halides is 1. The van der Waals surface area contributed by atoms with Crippen LogP contribution in [0, 0.1) is 5.82 Å². The van der Waals surface area contributed by atoms with E-state index in [1.165, 1.54) is 24.1 Å². The zero-order valence-corrected chi connectivity index (χ0v) is 12.3. The normalized spacial score (nSPS) is 12.1. The summed E-state index contributed by atoms with van der Waals surface area (Å²) in [6.45, 7) is 2.59. The highest BCUT2D eigenvalue weighted by Crippen LogP contribution is 2.17. The second-order valence-corrected chi connectivity index (χ2v) is 5.71. The molecule has 1 aromatic rings. The molecule has 0 aliphatic carbocycles. The van der Waals surface area contributed by atoms with Crippen LogP contribution in [0.15, 0.2) is 18.2 Å². The molecule has 1 rings (SSSR count). The lowest BCUT2D eigenvalue weighted by atomic mass is 10.1. The molecule has 0 fully saturated rings. The van der Waals surface area contributed by atoms with Crippen LogP contribution in [-0.2, 0) is 0 Å². The first-order valence-corrected chi connectivity index (χ1v) is 6.60. The fourth-order valence-corrected chi connectivity index (χ4v) is 1.68. The number of hydrogen-bond acceptors (Lipinski definition) is 2. The van der Waals surface area contributed by atoms with Crippen LogP contribution < -0.4 is 4.74 Å². The Morgan fingerprint density at radius 2 is 2.22 bits per heavy atom. The highest BCUT2D eigenvalue weighted by atomic mass is 79.9. The van der Waals surface area contributed by atoms with E-state index in [0.717, 1.165) is 6.42 Å². The van der Waals surface area contributed by atoms with E-state index in [-0.39, 0.29) is 11.5 Å². The summed E-state index contributed by atoms with van der Waals surface area (Å²) in [6.07, 6.45) is 0.819. The summed E-state index contributed by atoms with van der Waals surface area (Å²) in [6, 6.07) is 4.25. The van der Waals surface area contributed by atoms with E-state index in [9.17, 15) is 9.18 Å². The van der Waals surface area contributed by atoms with Crippen molar-refractivity contribution in [2.24, 2.45) is 0 Å². The Labute approximate surface area is 115 Å². The number of methoxy groups -OCH3 is 1. The maximum absolute atomic E-state index is 13.7. The van der Waals surface area contributed by atoms with Crippen molar-refractivity contribution in [2.75, 3.05) is 20.7 Å². The van der Waals surface area contributed by atoms with E-state index < -0.39 is 5.82 Å². The van der Waals surface area contributed by atoms with Crippen LogP contribution in [0.1, 0.15) is 23.7 Å². The predicted molar refractivity (Wildman–Crippen MR) is 72.9 cm³/mol. The Bertz CT molecular complexity index is 423. The first-order valence-electron chi connectivity index (χ1n) is 5.68. The fourth-order valence-electron chi connectivity index (χ4n) is 1.47. The van der Waals surface area contributed by atoms with Gasteiger partial charge in [-0.3, -0.25) is 4.79 Å².